The maximum absolute atomic E-state index is 12.1. The number of thiophene rings is 1. The van der Waals surface area contributed by atoms with Gasteiger partial charge >= 0.3 is 0 Å². The van der Waals surface area contributed by atoms with Crippen LogP contribution in [0.5, 0.6) is 5.75 Å². The third-order valence-electron chi connectivity index (χ3n) is 2.58. The zero-order valence-corrected chi connectivity index (χ0v) is 12.8. The second-order valence-electron chi connectivity index (χ2n) is 4.16. The van der Waals surface area contributed by atoms with Crippen LogP contribution < -0.4 is 4.74 Å². The molecule has 0 N–H and O–H groups in total. The van der Waals surface area contributed by atoms with E-state index in [0.717, 1.165) is 5.56 Å². The van der Waals surface area contributed by atoms with Gasteiger partial charge in [-0.05, 0) is 43.7 Å². The highest BCUT2D eigenvalue weighted by Gasteiger charge is 2.19. The van der Waals surface area contributed by atoms with Gasteiger partial charge in [0, 0.05) is 0 Å². The second-order valence-corrected chi connectivity index (χ2v) is 6.28. The summed E-state index contributed by atoms with van der Waals surface area (Å²) in [5, 5.41) is 0.504. The number of rotatable bonds is 4. The van der Waals surface area contributed by atoms with Crippen LogP contribution in [0, 0.1) is 6.92 Å². The number of ether oxygens (including phenoxy) is 1. The third-order valence-corrected chi connectivity index (χ3v) is 4.12. The fourth-order valence-corrected chi connectivity index (χ4v) is 2.93. The normalized spacial score (nSPS) is 12.2. The van der Waals surface area contributed by atoms with Gasteiger partial charge in [0.2, 0.25) is 5.78 Å². The van der Waals surface area contributed by atoms with Gasteiger partial charge in [-0.3, -0.25) is 4.79 Å². The lowest BCUT2D eigenvalue weighted by atomic mass is 10.2. The first-order valence-corrected chi connectivity index (χ1v) is 7.27. The first-order chi connectivity index (χ1) is 8.97. The van der Waals surface area contributed by atoms with Crippen LogP contribution in [-0.4, -0.2) is 11.9 Å². The van der Waals surface area contributed by atoms with E-state index in [0.29, 0.717) is 20.0 Å². The van der Waals surface area contributed by atoms with Crippen molar-refractivity contribution in [1.29, 1.82) is 0 Å². The maximum Gasteiger partial charge on any atom is 0.212 e. The van der Waals surface area contributed by atoms with E-state index in [1.54, 1.807) is 31.2 Å². The molecule has 0 bridgehead atoms. The summed E-state index contributed by atoms with van der Waals surface area (Å²) in [6.45, 7) is 3.64. The lowest BCUT2D eigenvalue weighted by Gasteiger charge is -2.14. The van der Waals surface area contributed by atoms with Crippen molar-refractivity contribution in [2.45, 2.75) is 20.0 Å². The van der Waals surface area contributed by atoms with Crippen LogP contribution in [0.4, 0.5) is 0 Å². The molecule has 19 heavy (non-hydrogen) atoms. The number of carbonyl (C=O) groups is 1. The van der Waals surface area contributed by atoms with Crippen molar-refractivity contribution in [3.8, 4) is 5.75 Å². The Hall–Kier alpha value is -1.03. The largest absolute Gasteiger partial charge is 0.481 e. The van der Waals surface area contributed by atoms with Gasteiger partial charge in [0.1, 0.15) is 5.75 Å². The Morgan fingerprint density at radius 1 is 1.26 bits per heavy atom. The molecule has 1 atom stereocenters. The molecule has 0 amide bonds. The summed E-state index contributed by atoms with van der Waals surface area (Å²) in [5.41, 5.74) is 1.04. The predicted octanol–water partition coefficient (Wildman–Crippen LogP) is 5.01. The van der Waals surface area contributed by atoms with E-state index in [1.165, 1.54) is 11.3 Å². The summed E-state index contributed by atoms with van der Waals surface area (Å²) in [6.07, 6.45) is -0.602. The number of Topliss-reactive ketones (excluding diaryl/α,β-unsaturated/α-hetero) is 1. The minimum Gasteiger partial charge on any atom is -0.481 e. The first-order valence-electron chi connectivity index (χ1n) is 5.69. The monoisotopic (exact) mass is 314 g/mol. The highest BCUT2D eigenvalue weighted by molar-refractivity contribution is 7.18. The van der Waals surface area contributed by atoms with E-state index in [4.69, 9.17) is 27.9 Å². The van der Waals surface area contributed by atoms with Gasteiger partial charge < -0.3 is 4.74 Å². The topological polar surface area (TPSA) is 26.3 Å². The van der Waals surface area contributed by atoms with Gasteiger partial charge in [-0.2, -0.15) is 0 Å². The molecule has 0 radical (unpaired) electrons. The lowest BCUT2D eigenvalue weighted by molar-refractivity contribution is 0.0822. The standard InChI is InChI=1S/C14H12Cl2O2S/c1-8-3-4-11(10(15)7-8)18-9(2)14(17)12-5-6-13(16)19-12/h3-7,9H,1-2H3. The minimum absolute atomic E-state index is 0.103. The number of hydrogen-bond acceptors (Lipinski definition) is 3. The van der Waals surface area contributed by atoms with Crippen LogP contribution in [0.3, 0.4) is 0 Å². The zero-order valence-electron chi connectivity index (χ0n) is 10.4. The molecule has 2 nitrogen and oxygen atoms in total. The molecule has 0 aliphatic rings. The molecular weight excluding hydrogens is 303 g/mol. The van der Waals surface area contributed by atoms with Crippen LogP contribution in [0.15, 0.2) is 30.3 Å². The first kappa shape index (κ1) is 14.4. The SMILES string of the molecule is Cc1ccc(OC(C)C(=O)c2ccc(Cl)s2)c(Cl)c1. The van der Waals surface area contributed by atoms with Crippen LogP contribution in [0.25, 0.3) is 0 Å². The van der Waals surface area contributed by atoms with Gasteiger partial charge in [0.25, 0.3) is 0 Å². The summed E-state index contributed by atoms with van der Waals surface area (Å²) in [7, 11) is 0. The molecule has 0 aliphatic carbocycles. The number of hydrogen-bond donors (Lipinski definition) is 0. The Morgan fingerprint density at radius 2 is 2.00 bits per heavy atom. The van der Waals surface area contributed by atoms with Gasteiger partial charge in [0.05, 0.1) is 14.2 Å². The van der Waals surface area contributed by atoms with Crippen LogP contribution >= 0.6 is 34.5 Å². The summed E-state index contributed by atoms with van der Waals surface area (Å²) >= 11 is 13.1. The van der Waals surface area contributed by atoms with Crippen molar-refractivity contribution in [3.63, 3.8) is 0 Å². The smallest absolute Gasteiger partial charge is 0.212 e. The summed E-state index contributed by atoms with van der Waals surface area (Å²) in [4.78, 5) is 12.7. The quantitative estimate of drug-likeness (QED) is 0.741. The molecule has 0 saturated carbocycles. The van der Waals surface area contributed by atoms with Gasteiger partial charge in [-0.15, -0.1) is 11.3 Å². The molecule has 2 rings (SSSR count). The zero-order chi connectivity index (χ0) is 14.0. The van der Waals surface area contributed by atoms with Crippen molar-refractivity contribution >= 4 is 40.3 Å². The highest BCUT2D eigenvalue weighted by Crippen LogP contribution is 2.28. The molecule has 0 aliphatic heterocycles. The number of ketones is 1. The van der Waals surface area contributed by atoms with Crippen LogP contribution in [0.2, 0.25) is 9.36 Å². The molecule has 1 aromatic heterocycles. The summed E-state index contributed by atoms with van der Waals surface area (Å²) in [5.74, 6) is 0.407. The molecule has 1 aromatic carbocycles. The molecule has 5 heteroatoms. The van der Waals surface area contributed by atoms with Crippen molar-refractivity contribution in [3.05, 3.63) is 50.1 Å². The van der Waals surface area contributed by atoms with Crippen molar-refractivity contribution < 1.29 is 9.53 Å². The van der Waals surface area contributed by atoms with E-state index in [1.807, 2.05) is 13.0 Å². The van der Waals surface area contributed by atoms with Crippen LogP contribution in [-0.2, 0) is 0 Å². The van der Waals surface area contributed by atoms with Gasteiger partial charge in [-0.25, -0.2) is 0 Å². The van der Waals surface area contributed by atoms with Gasteiger partial charge in [-0.1, -0.05) is 29.3 Å². The van der Waals surface area contributed by atoms with E-state index < -0.39 is 6.10 Å². The maximum atomic E-state index is 12.1. The summed E-state index contributed by atoms with van der Waals surface area (Å²) in [6, 6.07) is 8.86. The average molecular weight is 315 g/mol. The number of carbonyl (C=O) groups excluding carboxylic acids is 1. The molecule has 1 heterocycles. The van der Waals surface area contributed by atoms with E-state index in [2.05, 4.69) is 0 Å². The van der Waals surface area contributed by atoms with E-state index >= 15 is 0 Å². The Morgan fingerprint density at radius 3 is 2.58 bits per heavy atom. The molecule has 1 unspecified atom stereocenters. The lowest BCUT2D eigenvalue weighted by Crippen LogP contribution is -2.23. The van der Waals surface area contributed by atoms with Crippen molar-refractivity contribution in [2.75, 3.05) is 0 Å². The Labute approximate surface area is 125 Å². The Bertz CT molecular complexity index is 607. The number of aryl methyl sites for hydroxylation is 1. The van der Waals surface area contributed by atoms with Crippen molar-refractivity contribution in [2.24, 2.45) is 0 Å². The fraction of sp³-hybridized carbons (Fsp3) is 0.214. The molecule has 0 fully saturated rings. The van der Waals surface area contributed by atoms with E-state index in [-0.39, 0.29) is 5.78 Å². The molecular formula is C14H12Cl2O2S. The average Bonchev–Trinajstić information content (AvgIpc) is 2.78. The number of benzene rings is 1. The minimum atomic E-state index is -0.602. The summed E-state index contributed by atoms with van der Waals surface area (Å²) < 4.78 is 6.19. The third kappa shape index (κ3) is 3.50. The van der Waals surface area contributed by atoms with Crippen LogP contribution in [0.1, 0.15) is 22.2 Å². The highest BCUT2D eigenvalue weighted by atomic mass is 35.5. The Kier molecular flexibility index (Phi) is 4.50. The predicted molar refractivity (Wildman–Crippen MR) is 79.9 cm³/mol. The molecule has 0 spiro atoms. The molecule has 2 aromatic rings. The second kappa shape index (κ2) is 5.95. The molecule has 100 valence electrons. The van der Waals surface area contributed by atoms with Crippen molar-refractivity contribution in [1.82, 2.24) is 0 Å². The molecule has 0 saturated heterocycles. The Balaban J connectivity index is 2.12. The van der Waals surface area contributed by atoms with E-state index in [9.17, 15) is 4.79 Å². The fourth-order valence-electron chi connectivity index (χ4n) is 1.59. The van der Waals surface area contributed by atoms with Gasteiger partial charge in [0.15, 0.2) is 6.10 Å². The number of halogens is 2.